The summed E-state index contributed by atoms with van der Waals surface area (Å²) in [6.07, 6.45) is 5.47. The Morgan fingerprint density at radius 1 is 1.00 bits per heavy atom. The van der Waals surface area contributed by atoms with E-state index in [1.54, 1.807) is 24.3 Å². The molecule has 0 radical (unpaired) electrons. The van der Waals surface area contributed by atoms with Gasteiger partial charge in [0.25, 0.3) is 0 Å². The Morgan fingerprint density at radius 3 is 2.67 bits per heavy atom. The summed E-state index contributed by atoms with van der Waals surface area (Å²) in [4.78, 5) is 16.9. The average molecular weight is 535 g/mol. The van der Waals surface area contributed by atoms with Gasteiger partial charge in [0, 0.05) is 40.4 Å². The lowest BCUT2D eigenvalue weighted by molar-refractivity contribution is -0.614. The molecular formula is C30H23ClN6O2. The molecule has 3 aromatic heterocycles. The summed E-state index contributed by atoms with van der Waals surface area (Å²) in [5.74, 6) is -0.651. The van der Waals surface area contributed by atoms with Crippen LogP contribution in [0.3, 0.4) is 0 Å². The minimum absolute atomic E-state index is 0.0248. The van der Waals surface area contributed by atoms with Crippen molar-refractivity contribution in [3.63, 3.8) is 0 Å². The molecule has 39 heavy (non-hydrogen) atoms. The highest BCUT2D eigenvalue weighted by Crippen LogP contribution is 2.30. The highest BCUT2D eigenvalue weighted by molar-refractivity contribution is 6.31. The van der Waals surface area contributed by atoms with Gasteiger partial charge in [0.15, 0.2) is 12.0 Å². The van der Waals surface area contributed by atoms with Crippen LogP contribution in [0.2, 0.25) is 5.02 Å². The zero-order valence-corrected chi connectivity index (χ0v) is 21.5. The van der Waals surface area contributed by atoms with Crippen molar-refractivity contribution in [3.05, 3.63) is 131 Å². The van der Waals surface area contributed by atoms with Gasteiger partial charge in [-0.25, -0.2) is 0 Å². The second-order valence-electron chi connectivity index (χ2n) is 9.37. The minimum Gasteiger partial charge on any atom is -0.618 e. The van der Waals surface area contributed by atoms with Crippen LogP contribution in [0.1, 0.15) is 22.7 Å². The quantitative estimate of drug-likeness (QED) is 0.212. The molecule has 0 saturated carbocycles. The number of nitrogens with one attached hydrogen (secondary N) is 1. The van der Waals surface area contributed by atoms with E-state index in [4.69, 9.17) is 11.6 Å². The highest BCUT2D eigenvalue weighted by atomic mass is 35.5. The number of hydrogen-bond acceptors (Lipinski definition) is 5. The number of benzene rings is 3. The average Bonchev–Trinajstić information content (AvgIpc) is 3.65. The molecule has 1 atom stereocenters. The van der Waals surface area contributed by atoms with Gasteiger partial charge in [-0.2, -0.15) is 9.41 Å². The molecule has 0 spiro atoms. The number of fused-ring (bicyclic) bond motifs is 1. The van der Waals surface area contributed by atoms with E-state index >= 15 is 0 Å². The van der Waals surface area contributed by atoms with Crippen molar-refractivity contribution in [2.24, 2.45) is 0 Å². The number of tetrazole rings is 1. The molecule has 192 valence electrons. The molecule has 3 heterocycles. The van der Waals surface area contributed by atoms with Gasteiger partial charge >= 0.3 is 0 Å². The lowest BCUT2D eigenvalue weighted by Gasteiger charge is -2.17. The molecule has 1 unspecified atom stereocenters. The summed E-state index contributed by atoms with van der Waals surface area (Å²) in [6.45, 7) is 0. The predicted octanol–water partition coefficient (Wildman–Crippen LogP) is 5.24. The molecule has 0 amide bonds. The number of H-pyrrole nitrogens is 1. The minimum atomic E-state index is -0.626. The van der Waals surface area contributed by atoms with Gasteiger partial charge in [-0.3, -0.25) is 4.79 Å². The molecule has 0 aliphatic rings. The number of carbonyl (C=O) groups excluding carboxylic acids is 1. The molecule has 0 fully saturated rings. The fourth-order valence-electron chi connectivity index (χ4n) is 4.90. The molecule has 0 bridgehead atoms. The first-order valence-corrected chi connectivity index (χ1v) is 12.8. The van der Waals surface area contributed by atoms with E-state index in [2.05, 4.69) is 20.5 Å². The number of aromatic amines is 1. The van der Waals surface area contributed by atoms with Crippen LogP contribution in [0.4, 0.5) is 0 Å². The van der Waals surface area contributed by atoms with Crippen molar-refractivity contribution in [2.45, 2.75) is 18.8 Å². The Morgan fingerprint density at radius 2 is 1.87 bits per heavy atom. The molecule has 1 N–H and O–H groups in total. The number of Topliss-reactive ketones (excluding diaryl/α,β-unsaturated/α-hetero) is 1. The van der Waals surface area contributed by atoms with Gasteiger partial charge in [-0.05, 0) is 75.8 Å². The highest BCUT2D eigenvalue weighted by Gasteiger charge is 2.28. The number of halogens is 1. The van der Waals surface area contributed by atoms with Gasteiger partial charge < -0.3 is 10.2 Å². The topological polar surface area (TPSA) is 103 Å². The van der Waals surface area contributed by atoms with E-state index in [1.807, 2.05) is 66.9 Å². The van der Waals surface area contributed by atoms with Crippen molar-refractivity contribution < 1.29 is 9.52 Å². The molecular weight excluding hydrogens is 512 g/mol. The fourth-order valence-corrected chi connectivity index (χ4v) is 5.07. The summed E-state index contributed by atoms with van der Waals surface area (Å²) in [5.41, 5.74) is 5.29. The molecule has 6 rings (SSSR count). The smallest absolute Gasteiger partial charge is 0.203 e. The molecule has 6 aromatic rings. The fraction of sp³-hybridized carbons (Fsp3) is 0.100. The summed E-state index contributed by atoms with van der Waals surface area (Å²) in [6, 6.07) is 26.5. The molecule has 9 heteroatoms. The monoisotopic (exact) mass is 534 g/mol. The van der Waals surface area contributed by atoms with Crippen LogP contribution < -0.4 is 4.73 Å². The third-order valence-corrected chi connectivity index (χ3v) is 7.07. The van der Waals surface area contributed by atoms with Crippen molar-refractivity contribution in [1.29, 1.82) is 0 Å². The summed E-state index contributed by atoms with van der Waals surface area (Å²) >= 11 is 6.30. The Bertz CT molecular complexity index is 1770. The normalized spacial score (nSPS) is 12.0. The number of hydrogen-bond donors (Lipinski definition) is 1. The van der Waals surface area contributed by atoms with Crippen molar-refractivity contribution in [3.8, 4) is 16.8 Å². The van der Waals surface area contributed by atoms with Crippen LogP contribution in [-0.2, 0) is 17.6 Å². The second-order valence-corrected chi connectivity index (χ2v) is 9.81. The summed E-state index contributed by atoms with van der Waals surface area (Å²) in [7, 11) is 0. The number of aromatic nitrogens is 6. The van der Waals surface area contributed by atoms with Crippen LogP contribution in [0.15, 0.2) is 104 Å². The van der Waals surface area contributed by atoms with Crippen LogP contribution in [0.25, 0.3) is 27.7 Å². The number of pyridine rings is 1. The standard InChI is InChI=1S/C30H23ClN6O2/c31-24-8-11-28(36-19-33-34-35-36)25(17-24)23-7-10-29(37(39)18-23)26(15-20-4-2-1-3-5-20)30(38)16-21-6-9-27-22(14-21)12-13-32-27/h1-14,17-19,26,32H,15-16H2. The zero-order chi connectivity index (χ0) is 26.8. The first kappa shape index (κ1) is 24.5. The van der Waals surface area contributed by atoms with Crippen LogP contribution in [0.5, 0.6) is 0 Å². The van der Waals surface area contributed by atoms with E-state index in [1.165, 1.54) is 17.2 Å². The number of nitrogens with zero attached hydrogens (tertiary/aromatic N) is 5. The van der Waals surface area contributed by atoms with Gasteiger partial charge in [-0.1, -0.05) is 48.0 Å². The second kappa shape index (κ2) is 10.5. The third kappa shape index (κ3) is 5.15. The van der Waals surface area contributed by atoms with Crippen molar-refractivity contribution >= 4 is 28.3 Å². The van der Waals surface area contributed by atoms with Crippen LogP contribution in [0, 0.1) is 5.21 Å². The first-order valence-electron chi connectivity index (χ1n) is 12.4. The summed E-state index contributed by atoms with van der Waals surface area (Å²) in [5, 5.41) is 26.5. The number of rotatable bonds is 8. The Hall–Kier alpha value is -4.82. The van der Waals surface area contributed by atoms with E-state index in [-0.39, 0.29) is 12.2 Å². The largest absolute Gasteiger partial charge is 0.618 e. The Kier molecular flexibility index (Phi) is 6.61. The van der Waals surface area contributed by atoms with Gasteiger partial charge in [0.2, 0.25) is 5.69 Å². The third-order valence-electron chi connectivity index (χ3n) is 6.83. The van der Waals surface area contributed by atoms with E-state index < -0.39 is 5.92 Å². The first-order chi connectivity index (χ1) is 19.0. The van der Waals surface area contributed by atoms with Crippen LogP contribution in [-0.4, -0.2) is 31.0 Å². The molecule has 8 nitrogen and oxygen atoms in total. The van der Waals surface area contributed by atoms with Gasteiger partial charge in [0.05, 0.1) is 5.69 Å². The Labute approximate surface area is 229 Å². The maximum Gasteiger partial charge on any atom is 0.203 e. The number of carbonyl (C=O) groups is 1. The van der Waals surface area contributed by atoms with E-state index in [0.717, 1.165) is 26.8 Å². The van der Waals surface area contributed by atoms with Gasteiger partial charge in [0.1, 0.15) is 12.2 Å². The molecule has 0 saturated heterocycles. The van der Waals surface area contributed by atoms with Crippen LogP contribution >= 0.6 is 11.6 Å². The number of ketones is 1. The van der Waals surface area contributed by atoms with Gasteiger partial charge in [-0.15, -0.1) is 5.10 Å². The summed E-state index contributed by atoms with van der Waals surface area (Å²) < 4.78 is 2.30. The van der Waals surface area contributed by atoms with Crippen molar-refractivity contribution in [1.82, 2.24) is 25.2 Å². The molecule has 0 aliphatic heterocycles. The Balaban J connectivity index is 1.36. The zero-order valence-electron chi connectivity index (χ0n) is 20.7. The predicted molar refractivity (Wildman–Crippen MR) is 148 cm³/mol. The van der Waals surface area contributed by atoms with E-state index in [0.29, 0.717) is 34.0 Å². The maximum absolute atomic E-state index is 13.8. The lowest BCUT2D eigenvalue weighted by Crippen LogP contribution is -2.36. The SMILES string of the molecule is O=C(Cc1ccc2[nH]ccc2c1)C(Cc1ccccc1)c1ccc(-c2cc(Cl)ccc2-n2cnnn2)c[n+]1[O-]. The van der Waals surface area contributed by atoms with E-state index in [9.17, 15) is 10.0 Å². The molecule has 3 aromatic carbocycles. The maximum atomic E-state index is 13.8. The van der Waals surface area contributed by atoms with Crippen molar-refractivity contribution in [2.75, 3.05) is 0 Å². The molecule has 0 aliphatic carbocycles. The lowest BCUT2D eigenvalue weighted by atomic mass is 9.88.